The van der Waals surface area contributed by atoms with E-state index in [9.17, 15) is 9.59 Å². The fourth-order valence-electron chi connectivity index (χ4n) is 3.98. The van der Waals surface area contributed by atoms with Gasteiger partial charge in [0.1, 0.15) is 5.70 Å². The Morgan fingerprint density at radius 2 is 1.62 bits per heavy atom. The number of carbonyl (C=O) groups is 2. The number of nitrogens with one attached hydrogen (secondary N) is 1. The maximum absolute atomic E-state index is 13.7. The van der Waals surface area contributed by atoms with Crippen LogP contribution in [0.3, 0.4) is 0 Å². The lowest BCUT2D eigenvalue weighted by molar-refractivity contribution is -0.127. The standard InChI is InChI=1S/C28H34ClN3O2/c1-4-7-17-32(18-8-5-2)28(34)25(30-27(33)23-14-9-11-15-24(23)29)19-21-20-31(6-3)26-16-12-10-13-22(21)26/h9-16,19-20H,4-8,17-18H2,1-3H3,(H,30,33). The molecule has 0 bridgehead atoms. The van der Waals surface area contributed by atoms with E-state index in [0.29, 0.717) is 23.7 Å². The summed E-state index contributed by atoms with van der Waals surface area (Å²) in [6.45, 7) is 8.43. The molecule has 0 unspecified atom stereocenters. The summed E-state index contributed by atoms with van der Waals surface area (Å²) in [5.41, 5.74) is 2.59. The second kappa shape index (κ2) is 12.4. The summed E-state index contributed by atoms with van der Waals surface area (Å²) in [6, 6.07) is 15.0. The predicted octanol–water partition coefficient (Wildman–Crippen LogP) is 6.51. The van der Waals surface area contributed by atoms with E-state index in [4.69, 9.17) is 11.6 Å². The van der Waals surface area contributed by atoms with Crippen LogP contribution in [0.2, 0.25) is 5.02 Å². The van der Waals surface area contributed by atoms with Crippen LogP contribution in [0.5, 0.6) is 0 Å². The van der Waals surface area contributed by atoms with Crippen LogP contribution in [0.1, 0.15) is 62.4 Å². The second-order valence-electron chi connectivity index (χ2n) is 8.38. The number of aromatic nitrogens is 1. The maximum atomic E-state index is 13.7. The highest BCUT2D eigenvalue weighted by molar-refractivity contribution is 6.34. The fourth-order valence-corrected chi connectivity index (χ4v) is 4.20. The zero-order valence-electron chi connectivity index (χ0n) is 20.3. The van der Waals surface area contributed by atoms with Crippen molar-refractivity contribution in [1.29, 1.82) is 0 Å². The van der Waals surface area contributed by atoms with Crippen LogP contribution < -0.4 is 5.32 Å². The molecule has 0 saturated heterocycles. The average molecular weight is 480 g/mol. The number of nitrogens with zero attached hydrogens (tertiary/aromatic N) is 2. The average Bonchev–Trinajstić information content (AvgIpc) is 3.21. The number of fused-ring (bicyclic) bond motifs is 1. The van der Waals surface area contributed by atoms with Gasteiger partial charge in [0.05, 0.1) is 10.6 Å². The summed E-state index contributed by atoms with van der Waals surface area (Å²) in [7, 11) is 0. The van der Waals surface area contributed by atoms with Crippen molar-refractivity contribution in [3.8, 4) is 0 Å². The highest BCUT2D eigenvalue weighted by atomic mass is 35.5. The largest absolute Gasteiger partial charge is 0.347 e. The molecule has 0 aliphatic rings. The predicted molar refractivity (Wildman–Crippen MR) is 141 cm³/mol. The topological polar surface area (TPSA) is 54.3 Å². The molecule has 0 aliphatic heterocycles. The van der Waals surface area contributed by atoms with E-state index in [0.717, 1.165) is 48.7 Å². The Kier molecular flexibility index (Phi) is 9.34. The quantitative estimate of drug-likeness (QED) is 0.318. The van der Waals surface area contributed by atoms with Crippen molar-refractivity contribution in [1.82, 2.24) is 14.8 Å². The number of aryl methyl sites for hydroxylation is 1. The summed E-state index contributed by atoms with van der Waals surface area (Å²) in [4.78, 5) is 28.7. The first-order chi connectivity index (χ1) is 16.5. The molecule has 0 aliphatic carbocycles. The third kappa shape index (κ3) is 6.09. The molecule has 2 amide bonds. The molecule has 1 N–H and O–H groups in total. The number of rotatable bonds is 11. The van der Waals surface area contributed by atoms with Crippen molar-refractivity contribution < 1.29 is 9.59 Å². The molecule has 5 nitrogen and oxygen atoms in total. The van der Waals surface area contributed by atoms with Gasteiger partial charge in [0.2, 0.25) is 0 Å². The highest BCUT2D eigenvalue weighted by Crippen LogP contribution is 2.24. The van der Waals surface area contributed by atoms with Gasteiger partial charge >= 0.3 is 0 Å². The summed E-state index contributed by atoms with van der Waals surface area (Å²) in [5, 5.41) is 4.27. The van der Waals surface area contributed by atoms with Crippen LogP contribution in [0.25, 0.3) is 17.0 Å². The Hall–Kier alpha value is -3.05. The maximum Gasteiger partial charge on any atom is 0.270 e. The van der Waals surface area contributed by atoms with Gasteiger partial charge in [0, 0.05) is 42.3 Å². The minimum Gasteiger partial charge on any atom is -0.347 e. The first-order valence-corrected chi connectivity index (χ1v) is 12.5. The van der Waals surface area contributed by atoms with Crippen molar-refractivity contribution in [3.05, 3.63) is 76.6 Å². The molecule has 34 heavy (non-hydrogen) atoms. The minimum atomic E-state index is -0.393. The van der Waals surface area contributed by atoms with Gasteiger partial charge in [-0.25, -0.2) is 0 Å². The molecule has 0 fully saturated rings. The molecule has 1 heterocycles. The number of para-hydroxylation sites is 1. The Morgan fingerprint density at radius 3 is 2.26 bits per heavy atom. The third-order valence-electron chi connectivity index (χ3n) is 5.91. The van der Waals surface area contributed by atoms with E-state index >= 15 is 0 Å². The molecule has 6 heteroatoms. The van der Waals surface area contributed by atoms with Gasteiger partial charge in [-0.05, 0) is 44.0 Å². The molecule has 3 aromatic rings. The van der Waals surface area contributed by atoms with E-state index in [1.54, 1.807) is 30.3 Å². The van der Waals surface area contributed by atoms with Gasteiger partial charge in [0.25, 0.3) is 11.8 Å². The molecule has 180 valence electrons. The number of hydrogen-bond acceptors (Lipinski definition) is 2. The number of halogens is 1. The van der Waals surface area contributed by atoms with Gasteiger partial charge < -0.3 is 14.8 Å². The van der Waals surface area contributed by atoms with Crippen LogP contribution in [0, 0.1) is 0 Å². The molecular weight excluding hydrogens is 446 g/mol. The lowest BCUT2D eigenvalue weighted by Crippen LogP contribution is -2.39. The molecular formula is C28H34ClN3O2. The first kappa shape index (κ1) is 25.6. The normalized spacial score (nSPS) is 11.6. The van der Waals surface area contributed by atoms with E-state index < -0.39 is 5.91 Å². The first-order valence-electron chi connectivity index (χ1n) is 12.1. The van der Waals surface area contributed by atoms with Crippen LogP contribution in [0.4, 0.5) is 0 Å². The highest BCUT2D eigenvalue weighted by Gasteiger charge is 2.22. The monoisotopic (exact) mass is 479 g/mol. The van der Waals surface area contributed by atoms with Gasteiger partial charge in [0.15, 0.2) is 0 Å². The van der Waals surface area contributed by atoms with Crippen molar-refractivity contribution >= 4 is 40.4 Å². The molecule has 0 saturated carbocycles. The van der Waals surface area contributed by atoms with Crippen molar-refractivity contribution in [2.75, 3.05) is 13.1 Å². The Bertz CT molecular complexity index is 1160. The number of benzene rings is 2. The van der Waals surface area contributed by atoms with Crippen LogP contribution in [0.15, 0.2) is 60.4 Å². The van der Waals surface area contributed by atoms with E-state index in [1.165, 1.54) is 0 Å². The smallest absolute Gasteiger partial charge is 0.270 e. The number of unbranched alkanes of at least 4 members (excludes halogenated alkanes) is 2. The van der Waals surface area contributed by atoms with Crippen LogP contribution >= 0.6 is 11.6 Å². The molecule has 2 aromatic carbocycles. The molecule has 0 radical (unpaired) electrons. The van der Waals surface area contributed by atoms with E-state index in [1.807, 2.05) is 29.3 Å². The molecule has 3 rings (SSSR count). The van der Waals surface area contributed by atoms with Crippen LogP contribution in [-0.4, -0.2) is 34.4 Å². The van der Waals surface area contributed by atoms with Gasteiger partial charge in [-0.2, -0.15) is 0 Å². The number of amides is 2. The van der Waals surface area contributed by atoms with Crippen LogP contribution in [-0.2, 0) is 11.3 Å². The summed E-state index contributed by atoms with van der Waals surface area (Å²) >= 11 is 6.26. The molecule has 1 aromatic heterocycles. The Balaban J connectivity index is 2.05. The third-order valence-corrected chi connectivity index (χ3v) is 6.24. The van der Waals surface area contributed by atoms with Gasteiger partial charge in [-0.1, -0.05) is 68.6 Å². The minimum absolute atomic E-state index is 0.171. The summed E-state index contributed by atoms with van der Waals surface area (Å²) < 4.78 is 2.14. The van der Waals surface area contributed by atoms with Gasteiger partial charge in [-0.15, -0.1) is 0 Å². The summed E-state index contributed by atoms with van der Waals surface area (Å²) in [6.07, 6.45) is 7.64. The molecule has 0 atom stereocenters. The van der Waals surface area contributed by atoms with Gasteiger partial charge in [-0.3, -0.25) is 9.59 Å². The number of carbonyl (C=O) groups excluding carboxylic acids is 2. The lowest BCUT2D eigenvalue weighted by atomic mass is 10.1. The van der Waals surface area contributed by atoms with E-state index in [2.05, 4.69) is 36.7 Å². The SMILES string of the molecule is CCCCN(CCCC)C(=O)C(=Cc1cn(CC)c2ccccc12)NC(=O)c1ccccc1Cl. The van der Waals surface area contributed by atoms with E-state index in [-0.39, 0.29) is 11.6 Å². The number of hydrogen-bond donors (Lipinski definition) is 1. The van der Waals surface area contributed by atoms with Crippen molar-refractivity contribution in [2.24, 2.45) is 0 Å². The lowest BCUT2D eigenvalue weighted by Gasteiger charge is -2.24. The Morgan fingerprint density at radius 1 is 0.971 bits per heavy atom. The molecule has 0 spiro atoms. The zero-order chi connectivity index (χ0) is 24.5. The fraction of sp³-hybridized carbons (Fsp3) is 0.357. The zero-order valence-corrected chi connectivity index (χ0v) is 21.1. The summed E-state index contributed by atoms with van der Waals surface area (Å²) in [5.74, 6) is -0.564. The van der Waals surface area contributed by atoms with Crippen molar-refractivity contribution in [2.45, 2.75) is 53.0 Å². The van der Waals surface area contributed by atoms with Crippen molar-refractivity contribution in [3.63, 3.8) is 0 Å². The Labute approximate surface area is 207 Å². The second-order valence-corrected chi connectivity index (χ2v) is 8.79.